The molecule has 0 unspecified atom stereocenters. The van der Waals surface area contributed by atoms with E-state index in [0.717, 1.165) is 16.7 Å². The molecular weight excluding hydrogens is 386 g/mol. The van der Waals surface area contributed by atoms with E-state index in [1.165, 1.54) is 0 Å². The summed E-state index contributed by atoms with van der Waals surface area (Å²) in [6.07, 6.45) is 0. The Labute approximate surface area is 179 Å². The van der Waals surface area contributed by atoms with Crippen LogP contribution in [0, 0.1) is 0 Å². The second kappa shape index (κ2) is 7.61. The molecule has 5 rings (SSSR count). The van der Waals surface area contributed by atoms with Gasteiger partial charge >= 0.3 is 0 Å². The highest BCUT2D eigenvalue weighted by molar-refractivity contribution is 5.76. The number of aromatic amines is 1. The fourth-order valence-electron chi connectivity index (χ4n) is 4.30. The van der Waals surface area contributed by atoms with Crippen molar-refractivity contribution in [3.05, 3.63) is 130 Å². The lowest BCUT2D eigenvalue weighted by molar-refractivity contribution is 0.399. The molecule has 5 aromatic rings. The molecule has 5 nitrogen and oxygen atoms in total. The summed E-state index contributed by atoms with van der Waals surface area (Å²) in [7, 11) is 1.54. The molecule has 0 aliphatic heterocycles. The van der Waals surface area contributed by atoms with Crippen LogP contribution in [0.15, 0.2) is 108 Å². The predicted molar refractivity (Wildman–Crippen MR) is 122 cm³/mol. The third kappa shape index (κ3) is 2.94. The van der Waals surface area contributed by atoms with Crippen molar-refractivity contribution in [2.75, 3.05) is 7.11 Å². The van der Waals surface area contributed by atoms with Crippen LogP contribution in [-0.4, -0.2) is 21.9 Å². The average molecular weight is 407 g/mol. The summed E-state index contributed by atoms with van der Waals surface area (Å²) in [4.78, 5) is 17.4. The minimum Gasteiger partial charge on any atom is -0.481 e. The van der Waals surface area contributed by atoms with E-state index in [4.69, 9.17) is 4.74 Å². The molecule has 0 bridgehead atoms. The van der Waals surface area contributed by atoms with Crippen LogP contribution in [0.2, 0.25) is 0 Å². The SMILES string of the molecule is COc1ccc2c(n1)c(=O)[nH]n2C(c1ccccc1)(c1ccccc1)c1ccccc1. The third-order valence-electron chi connectivity index (χ3n) is 5.64. The second-order valence-corrected chi connectivity index (χ2v) is 7.31. The zero-order valence-electron chi connectivity index (χ0n) is 17.0. The van der Waals surface area contributed by atoms with Crippen molar-refractivity contribution < 1.29 is 4.74 Å². The summed E-state index contributed by atoms with van der Waals surface area (Å²) >= 11 is 0. The first-order valence-electron chi connectivity index (χ1n) is 10.1. The summed E-state index contributed by atoms with van der Waals surface area (Å²) in [5, 5.41) is 3.08. The molecule has 3 aromatic carbocycles. The van der Waals surface area contributed by atoms with Gasteiger partial charge in [-0.3, -0.25) is 14.6 Å². The molecule has 0 atom stereocenters. The molecule has 0 radical (unpaired) electrons. The van der Waals surface area contributed by atoms with Crippen LogP contribution < -0.4 is 10.3 Å². The molecule has 31 heavy (non-hydrogen) atoms. The molecule has 0 amide bonds. The van der Waals surface area contributed by atoms with Gasteiger partial charge in [-0.05, 0) is 22.8 Å². The van der Waals surface area contributed by atoms with Crippen molar-refractivity contribution in [3.63, 3.8) is 0 Å². The number of H-pyrrole nitrogens is 1. The standard InChI is InChI=1S/C26H21N3O2/c1-31-23-18-17-22-24(27-23)25(30)28-29(22)26(19-11-5-2-6-12-19,20-13-7-3-8-14-20)21-15-9-4-10-16-21/h2-18H,1H3,(H,28,30). The highest BCUT2D eigenvalue weighted by atomic mass is 16.5. The number of fused-ring (bicyclic) bond motifs is 1. The van der Waals surface area contributed by atoms with Gasteiger partial charge in [0, 0.05) is 6.07 Å². The van der Waals surface area contributed by atoms with Crippen molar-refractivity contribution in [3.8, 4) is 5.88 Å². The number of nitrogens with one attached hydrogen (secondary N) is 1. The van der Waals surface area contributed by atoms with E-state index in [1.54, 1.807) is 13.2 Å². The van der Waals surface area contributed by atoms with Crippen LogP contribution in [0.1, 0.15) is 16.7 Å². The van der Waals surface area contributed by atoms with Crippen LogP contribution in [0.25, 0.3) is 11.0 Å². The maximum atomic E-state index is 13.0. The van der Waals surface area contributed by atoms with Gasteiger partial charge in [-0.15, -0.1) is 0 Å². The Balaban J connectivity index is 1.97. The van der Waals surface area contributed by atoms with Crippen molar-refractivity contribution in [2.24, 2.45) is 0 Å². The summed E-state index contributed by atoms with van der Waals surface area (Å²) in [5.41, 5.74) is 3.04. The number of ether oxygens (including phenoxy) is 1. The van der Waals surface area contributed by atoms with E-state index in [1.807, 2.05) is 65.3 Å². The van der Waals surface area contributed by atoms with Gasteiger partial charge in [-0.1, -0.05) is 91.0 Å². The van der Waals surface area contributed by atoms with Crippen molar-refractivity contribution in [1.29, 1.82) is 0 Å². The van der Waals surface area contributed by atoms with Gasteiger partial charge in [-0.2, -0.15) is 0 Å². The van der Waals surface area contributed by atoms with Gasteiger partial charge in [0.2, 0.25) is 5.88 Å². The topological polar surface area (TPSA) is 59.9 Å². The second-order valence-electron chi connectivity index (χ2n) is 7.31. The fourth-order valence-corrected chi connectivity index (χ4v) is 4.30. The first kappa shape index (κ1) is 18.9. The largest absolute Gasteiger partial charge is 0.481 e. The van der Waals surface area contributed by atoms with Gasteiger partial charge in [0.25, 0.3) is 5.56 Å². The fraction of sp³-hybridized carbons (Fsp3) is 0.0769. The molecule has 0 saturated carbocycles. The van der Waals surface area contributed by atoms with E-state index in [-0.39, 0.29) is 5.56 Å². The zero-order chi connectivity index (χ0) is 21.3. The quantitative estimate of drug-likeness (QED) is 0.434. The first-order chi connectivity index (χ1) is 15.2. The highest BCUT2D eigenvalue weighted by Gasteiger charge is 2.40. The van der Waals surface area contributed by atoms with Crippen LogP contribution in [0.3, 0.4) is 0 Å². The van der Waals surface area contributed by atoms with Crippen molar-refractivity contribution in [2.45, 2.75) is 5.54 Å². The predicted octanol–water partition coefficient (Wildman–Crippen LogP) is 4.57. The summed E-state index contributed by atoms with van der Waals surface area (Å²) in [6, 6.07) is 34.2. The minimum atomic E-state index is -0.805. The monoisotopic (exact) mass is 407 g/mol. The third-order valence-corrected chi connectivity index (χ3v) is 5.64. The highest BCUT2D eigenvalue weighted by Crippen LogP contribution is 2.41. The van der Waals surface area contributed by atoms with Gasteiger partial charge < -0.3 is 4.74 Å². The van der Waals surface area contributed by atoms with Crippen molar-refractivity contribution >= 4 is 11.0 Å². The Bertz CT molecular complexity index is 1280. The molecule has 0 saturated heterocycles. The van der Waals surface area contributed by atoms with E-state index < -0.39 is 5.54 Å². The molecule has 1 N–H and O–H groups in total. The summed E-state index contributed by atoms with van der Waals surface area (Å²) in [6.45, 7) is 0. The van der Waals surface area contributed by atoms with Crippen LogP contribution in [0.4, 0.5) is 0 Å². The Morgan fingerprint density at radius 1 is 0.742 bits per heavy atom. The normalized spacial score (nSPS) is 11.5. The van der Waals surface area contributed by atoms with Gasteiger partial charge in [0.15, 0.2) is 5.52 Å². The number of rotatable bonds is 5. The minimum absolute atomic E-state index is 0.263. The molecular formula is C26H21N3O2. The Morgan fingerprint density at radius 3 is 1.68 bits per heavy atom. The maximum Gasteiger partial charge on any atom is 0.290 e. The van der Waals surface area contributed by atoms with E-state index in [0.29, 0.717) is 16.9 Å². The smallest absolute Gasteiger partial charge is 0.290 e. The molecule has 0 aliphatic carbocycles. The number of methoxy groups -OCH3 is 1. The molecule has 0 fully saturated rings. The number of hydrogen-bond acceptors (Lipinski definition) is 3. The molecule has 2 aromatic heterocycles. The maximum absolute atomic E-state index is 13.0. The summed E-state index contributed by atoms with van der Waals surface area (Å²) in [5.74, 6) is 0.403. The number of nitrogens with zero attached hydrogens (tertiary/aromatic N) is 2. The number of aromatic nitrogens is 3. The molecule has 152 valence electrons. The lowest BCUT2D eigenvalue weighted by Crippen LogP contribution is -2.39. The van der Waals surface area contributed by atoms with E-state index in [9.17, 15) is 4.79 Å². The Hall–Kier alpha value is -4.12. The number of benzene rings is 3. The number of hydrogen-bond donors (Lipinski definition) is 1. The van der Waals surface area contributed by atoms with Crippen molar-refractivity contribution in [1.82, 2.24) is 14.8 Å². The van der Waals surface area contributed by atoms with Gasteiger partial charge in [-0.25, -0.2) is 4.98 Å². The Morgan fingerprint density at radius 2 is 1.23 bits per heavy atom. The summed E-state index contributed by atoms with van der Waals surface area (Å²) < 4.78 is 7.18. The number of pyridine rings is 1. The Kier molecular flexibility index (Phi) is 4.64. The molecule has 0 spiro atoms. The van der Waals surface area contributed by atoms with E-state index in [2.05, 4.69) is 46.5 Å². The van der Waals surface area contributed by atoms with Crippen LogP contribution in [0.5, 0.6) is 5.88 Å². The lowest BCUT2D eigenvalue weighted by atomic mass is 9.77. The van der Waals surface area contributed by atoms with Gasteiger partial charge in [0.05, 0.1) is 12.6 Å². The molecule has 0 aliphatic rings. The average Bonchev–Trinajstić information content (AvgIpc) is 3.17. The van der Waals surface area contributed by atoms with Crippen LogP contribution >= 0.6 is 0 Å². The first-order valence-corrected chi connectivity index (χ1v) is 10.1. The zero-order valence-corrected chi connectivity index (χ0v) is 17.0. The molecule has 5 heteroatoms. The molecule has 2 heterocycles. The van der Waals surface area contributed by atoms with E-state index >= 15 is 0 Å². The lowest BCUT2D eigenvalue weighted by Gasteiger charge is -2.37. The van der Waals surface area contributed by atoms with Gasteiger partial charge in [0.1, 0.15) is 5.54 Å². The van der Waals surface area contributed by atoms with Crippen LogP contribution in [-0.2, 0) is 5.54 Å².